The van der Waals surface area contributed by atoms with Crippen molar-refractivity contribution in [1.82, 2.24) is 50.6 Å². The number of Topliss-reactive ketones (excluding diaryl/α,β-unsaturated/α-hetero) is 3. The van der Waals surface area contributed by atoms with E-state index in [4.69, 9.17) is 114 Å². The van der Waals surface area contributed by atoms with Crippen LogP contribution in [0.5, 0.6) is 0 Å². The Morgan fingerprint density at radius 1 is 0.434 bits per heavy atom. The molecule has 3 unspecified atom stereocenters. The van der Waals surface area contributed by atoms with Gasteiger partial charge in [-0.2, -0.15) is 15.3 Å². The van der Waals surface area contributed by atoms with Crippen LogP contribution in [-0.4, -0.2) is 92.5 Å². The minimum absolute atomic E-state index is 0. The van der Waals surface area contributed by atoms with Crippen molar-refractivity contribution in [3.63, 3.8) is 0 Å². The van der Waals surface area contributed by atoms with Gasteiger partial charge in [-0.15, -0.1) is 12.4 Å². The van der Waals surface area contributed by atoms with E-state index in [0.29, 0.717) is 109 Å². The molecule has 12 aromatic rings. The zero-order valence-corrected chi connectivity index (χ0v) is 76.2. The molecule has 3 aromatic heterocycles. The number of aryl methyl sites for hydroxylation is 4. The molecule has 3 saturated carbocycles. The van der Waals surface area contributed by atoms with Gasteiger partial charge in [-0.3, -0.25) is 14.4 Å². The normalized spacial score (nSPS) is 13.4. The van der Waals surface area contributed by atoms with E-state index >= 15 is 0 Å². The molecule has 17 nitrogen and oxygen atoms in total. The number of halogens is 9. The Bertz CT molecular complexity index is 5320. The monoisotopic (exact) mass is 1860 g/mol. The van der Waals surface area contributed by atoms with E-state index in [1.165, 1.54) is 44.1 Å². The molecule has 3 heterocycles. The maximum atomic E-state index is 13.5. The standard InChI is InChI=1S/C31H31Cl2N3O.C30H26Cl2N4O.C30H30Cl2N4O.C4H13N3.3ClH.Ni/c1-3-21-6-5-9-26(16-21)36-29(14-20(2)35-36)30(37)17-23-7-4-8-24(15-23)31(34-19-22-10-11-22)27-13-12-25(32)18-28(27)33;1-19-13-28(36(35-19)25-8-4-7-24(17-25)33-2)29(37)15-21-5-3-6-22(14-21)30(34-18-20-9-10-20)26-12-11-23(31)16-27(26)32;1-19-12-28(36(35-19)25-7-3-5-22(14-25)17-33)29(37)15-21-4-2-6-23(13-21)30(34-18-20-8-9-20)26-11-10-24(31)16-27(26)32;5-1-3-7-4-2-6;;;;/h4-9,12-16,18,22,31,34H,3,10-11,17,19H2,1-2H3;3-8,11-14,16-17,20,30,34H,9-10,15,18H2,1H3;2-7,10-14,16,20,30,34H,8-9,15,17-18,33H2,1H3;7H,1-6H2;3*1H;/q;;;;;;;+2/p-2. The third kappa shape index (κ3) is 28.2. The third-order valence-corrected chi connectivity index (χ3v) is 22.5. The van der Waals surface area contributed by atoms with Gasteiger partial charge < -0.3 is 38.5 Å². The molecule has 3 atom stereocenters. The van der Waals surface area contributed by atoms with Crippen molar-refractivity contribution in [1.29, 1.82) is 0 Å². The summed E-state index contributed by atoms with van der Waals surface area (Å²) >= 11 is 38.9. The van der Waals surface area contributed by atoms with E-state index in [1.807, 2.05) is 148 Å². The number of rotatable bonds is 33. The van der Waals surface area contributed by atoms with E-state index in [0.717, 1.165) is 123 Å². The summed E-state index contributed by atoms with van der Waals surface area (Å²) in [5.74, 6) is 2.11. The fourth-order valence-corrected chi connectivity index (χ4v) is 15.7. The summed E-state index contributed by atoms with van der Waals surface area (Å²) in [5, 5.41) is 31.6. The Morgan fingerprint density at radius 3 is 1.06 bits per heavy atom. The number of hydrogen-bond donors (Lipinski definition) is 7. The number of nitrogens with one attached hydrogen (secondary N) is 4. The summed E-state index contributed by atoms with van der Waals surface area (Å²) in [7, 11) is 9.40. The molecule has 0 radical (unpaired) electrons. The molecule has 10 N–H and O–H groups in total. The second kappa shape index (κ2) is 47.9. The van der Waals surface area contributed by atoms with E-state index < -0.39 is 0 Å². The molecule has 122 heavy (non-hydrogen) atoms. The molecule has 0 saturated heterocycles. The van der Waals surface area contributed by atoms with Crippen molar-refractivity contribution in [3.05, 3.63) is 355 Å². The molecule has 15 rings (SSSR count). The van der Waals surface area contributed by atoms with Gasteiger partial charge in [0.25, 0.3) is 0 Å². The second-order valence-corrected chi connectivity index (χ2v) is 34.7. The summed E-state index contributed by atoms with van der Waals surface area (Å²) in [4.78, 5) is 44.0. The van der Waals surface area contributed by atoms with Gasteiger partial charge in [-0.25, -0.2) is 18.9 Å². The minimum atomic E-state index is -0.107. The Hall–Kier alpha value is -8.07. The molecule has 9 aromatic carbocycles. The van der Waals surface area contributed by atoms with Crippen LogP contribution in [0, 0.1) is 45.1 Å². The van der Waals surface area contributed by atoms with Gasteiger partial charge >= 0.3 is 33.0 Å². The Balaban J connectivity index is 0.000000181. The van der Waals surface area contributed by atoms with Crippen LogP contribution in [0.4, 0.5) is 5.69 Å². The van der Waals surface area contributed by atoms with E-state index in [2.05, 4.69) is 96.9 Å². The van der Waals surface area contributed by atoms with Crippen LogP contribution in [0.15, 0.2) is 218 Å². The number of aromatic nitrogens is 6. The van der Waals surface area contributed by atoms with Crippen LogP contribution in [-0.2, 0) is 44.9 Å². The molecule has 27 heteroatoms. The molecule has 0 aliphatic heterocycles. The average molecular weight is 1860 g/mol. The summed E-state index contributed by atoms with van der Waals surface area (Å²) < 4.78 is 5.12. The molecule has 0 bridgehead atoms. The van der Waals surface area contributed by atoms with Crippen LogP contribution < -0.4 is 38.5 Å². The van der Waals surface area contributed by atoms with Crippen molar-refractivity contribution in [2.75, 3.05) is 45.8 Å². The Labute approximate surface area is 766 Å². The van der Waals surface area contributed by atoms with Crippen LogP contribution in [0.1, 0.15) is 173 Å². The number of carbonyl (C=O) groups is 3. The second-order valence-electron chi connectivity index (χ2n) is 30.5. The van der Waals surface area contributed by atoms with Gasteiger partial charge in [-0.1, -0.05) is 204 Å². The molecule has 3 aliphatic carbocycles. The van der Waals surface area contributed by atoms with Crippen LogP contribution in [0.25, 0.3) is 21.9 Å². The molecule has 0 amide bonds. The van der Waals surface area contributed by atoms with Crippen molar-refractivity contribution in [2.24, 2.45) is 35.0 Å². The zero-order valence-electron chi connectivity index (χ0n) is 68.3. The quantitative estimate of drug-likeness (QED) is 0.00879. The van der Waals surface area contributed by atoms with Crippen molar-refractivity contribution in [3.8, 4) is 17.1 Å². The first-order valence-corrected chi connectivity index (χ1v) is 45.5. The van der Waals surface area contributed by atoms with Gasteiger partial charge in [0, 0.05) is 82.1 Å². The van der Waals surface area contributed by atoms with Crippen LogP contribution in [0.3, 0.4) is 0 Å². The fraction of sp³-hybridized carbons (Fsp3) is 0.295. The molecular weight excluding hydrogens is 1760 g/mol. The summed E-state index contributed by atoms with van der Waals surface area (Å²) in [5.41, 5.74) is 34.2. The van der Waals surface area contributed by atoms with Crippen molar-refractivity contribution >= 4 is 125 Å². The number of nitrogens with zero attached hydrogens (tertiary/aromatic N) is 7. The van der Waals surface area contributed by atoms with Crippen LogP contribution in [0.2, 0.25) is 30.1 Å². The van der Waals surface area contributed by atoms with E-state index in [1.54, 1.807) is 56.5 Å². The predicted octanol–water partition coefficient (Wildman–Crippen LogP) is 21.9. The molecule has 3 fully saturated rings. The van der Waals surface area contributed by atoms with Crippen LogP contribution >= 0.6 is 102 Å². The van der Waals surface area contributed by atoms with Gasteiger partial charge in [0.1, 0.15) is 17.1 Å². The molecule has 0 spiro atoms. The summed E-state index contributed by atoms with van der Waals surface area (Å²) in [6, 6.07) is 69.7. The Kier molecular flexibility index (Phi) is 37.7. The first-order valence-electron chi connectivity index (χ1n) is 40.5. The predicted molar refractivity (Wildman–Crippen MR) is 499 cm³/mol. The Morgan fingerprint density at radius 2 is 0.746 bits per heavy atom. The van der Waals surface area contributed by atoms with E-state index in [-0.39, 0.29) is 67.1 Å². The molecule has 3 aliphatic rings. The zero-order chi connectivity index (χ0) is 86.1. The van der Waals surface area contributed by atoms with Gasteiger partial charge in [0.05, 0.1) is 58.8 Å². The van der Waals surface area contributed by atoms with Gasteiger partial charge in [0.15, 0.2) is 23.0 Å². The first-order chi connectivity index (χ1) is 58.5. The van der Waals surface area contributed by atoms with Gasteiger partial charge in [-0.05, 0) is 255 Å². The van der Waals surface area contributed by atoms with Gasteiger partial charge in [0.2, 0.25) is 0 Å². The number of benzene rings is 9. The van der Waals surface area contributed by atoms with Crippen molar-refractivity contribution in [2.45, 2.75) is 117 Å². The summed E-state index contributed by atoms with van der Waals surface area (Å²) in [6.07, 6.45) is 9.23. The average Bonchev–Trinajstić information content (AvgIpc) is 1.15. The third-order valence-electron chi connectivity index (χ3n) is 20.8. The summed E-state index contributed by atoms with van der Waals surface area (Å²) in [6.45, 7) is 21.4. The fourth-order valence-electron chi connectivity index (χ4n) is 14.2. The number of carbonyl (C=O) groups excluding carboxylic acids is 3. The number of nitrogens with two attached hydrogens (primary N) is 3. The maximum absolute atomic E-state index is 13.5. The van der Waals surface area contributed by atoms with E-state index in [9.17, 15) is 14.4 Å². The number of hydrogen-bond acceptors (Lipinski definition) is 13. The SMILES string of the molecule is CCc1cccc(-n2nc(C)cc2C(=O)Cc2cccc(C(NCC3CC3)c3ccc(Cl)cc3Cl)c2)c1.Cc1cc(C(=O)Cc2cccc(C(NCC3CC3)c3ccc(Cl)cc3Cl)c2)n(-c2cccc(CN)c2)n1.Cl.NCCNCCN.[C-]#[N+]c1cccc(-n2nc(C)cc2C(=O)Cc2cccc(C(NCC3CC3)c3ccc(Cl)cc3Cl)c2)c1.[Cl][Ni][Cl]. The molecule has 642 valence electrons. The first kappa shape index (κ1) is 96.2. The topological polar surface area (TPSA) is 235 Å². The van der Waals surface area contributed by atoms with Crippen molar-refractivity contribution < 1.29 is 27.0 Å². The number of ketones is 3. The molecular formula is C95H101Cl9N14NiO3.